The van der Waals surface area contributed by atoms with E-state index in [2.05, 4.69) is 9.47 Å². The number of carbonyl (C=O) groups excluding carboxylic acids is 4. The number of carbonyl (C=O) groups is 4. The zero-order valence-corrected chi connectivity index (χ0v) is 19.6. The Hall–Kier alpha value is -2.70. The quantitative estimate of drug-likeness (QED) is 0.283. The van der Waals surface area contributed by atoms with Gasteiger partial charge in [-0.3, -0.25) is 14.4 Å². The Morgan fingerprint density at radius 2 is 1.71 bits per heavy atom. The van der Waals surface area contributed by atoms with E-state index in [0.717, 1.165) is 13.8 Å². The van der Waals surface area contributed by atoms with Gasteiger partial charge in [0.05, 0.1) is 12.0 Å². The minimum absolute atomic E-state index is 0.174. The Labute approximate surface area is 199 Å². The summed E-state index contributed by atoms with van der Waals surface area (Å²) in [6, 6.07) is 4.52. The number of aryl methyl sites for hydroxylation is 1. The van der Waals surface area contributed by atoms with Crippen molar-refractivity contribution in [2.24, 2.45) is 29.4 Å². The van der Waals surface area contributed by atoms with Crippen molar-refractivity contribution in [1.82, 2.24) is 0 Å². The molecular weight excluding hydrogens is 473 g/mol. The lowest BCUT2D eigenvalue weighted by molar-refractivity contribution is -0.173. The molecule has 0 heterocycles. The molecule has 2 fully saturated rings. The number of aliphatic hydroxyl groups is 1. The molecule has 0 aromatic heterocycles. The van der Waals surface area contributed by atoms with Gasteiger partial charge in [0, 0.05) is 42.2 Å². The fraction of sp³-hybridized carbons (Fsp3) is 0.545. The molecule has 34 heavy (non-hydrogen) atoms. The molecule has 186 valence electrons. The van der Waals surface area contributed by atoms with Crippen molar-refractivity contribution in [3.63, 3.8) is 0 Å². The molecule has 1 aromatic carbocycles. The molecule has 0 saturated heterocycles. The number of nitrogens with two attached hydrogens (primary N) is 1. The molecule has 0 amide bonds. The smallest absolute Gasteiger partial charge is 0.329 e. The second-order valence-electron chi connectivity index (χ2n) is 8.28. The average Bonchev–Trinajstić information content (AvgIpc) is 3.47. The summed E-state index contributed by atoms with van der Waals surface area (Å²) in [6.45, 7) is 2.64. The van der Waals surface area contributed by atoms with Gasteiger partial charge >= 0.3 is 23.9 Å². The third-order valence-electron chi connectivity index (χ3n) is 6.15. The van der Waals surface area contributed by atoms with Crippen molar-refractivity contribution in [2.75, 3.05) is 19.3 Å². The van der Waals surface area contributed by atoms with Gasteiger partial charge in [0.1, 0.15) is 11.4 Å². The first kappa shape index (κ1) is 25.9. The minimum atomic E-state index is -1.78. The molecule has 12 heteroatoms. The molecule has 2 saturated carbocycles. The number of benzene rings is 1. The van der Waals surface area contributed by atoms with Crippen LogP contribution < -0.4 is 5.73 Å². The molecule has 0 bridgehead atoms. The van der Waals surface area contributed by atoms with E-state index in [4.69, 9.17) is 15.2 Å². The third kappa shape index (κ3) is 5.18. The molecule has 0 unspecified atom stereocenters. The van der Waals surface area contributed by atoms with Gasteiger partial charge < -0.3 is 29.8 Å². The Morgan fingerprint density at radius 1 is 1.09 bits per heavy atom. The largest absolute Gasteiger partial charge is 0.428 e. The van der Waals surface area contributed by atoms with Crippen LogP contribution in [0.1, 0.15) is 19.4 Å². The Bertz CT molecular complexity index is 989. The van der Waals surface area contributed by atoms with E-state index < -0.39 is 72.8 Å². The van der Waals surface area contributed by atoms with Gasteiger partial charge in [-0.05, 0) is 30.7 Å². The van der Waals surface area contributed by atoms with Crippen molar-refractivity contribution in [3.8, 4) is 0 Å². The van der Waals surface area contributed by atoms with Gasteiger partial charge in [0.25, 0.3) is 0 Å². The molecule has 2 aliphatic carbocycles. The highest BCUT2D eigenvalue weighted by molar-refractivity contribution is 7.99. The molecule has 0 radical (unpaired) electrons. The molecule has 2 aliphatic rings. The van der Waals surface area contributed by atoms with E-state index in [1.807, 2.05) is 0 Å². The highest BCUT2D eigenvalue weighted by Crippen LogP contribution is 2.64. The van der Waals surface area contributed by atoms with Crippen molar-refractivity contribution in [2.45, 2.75) is 37.3 Å². The second-order valence-corrected chi connectivity index (χ2v) is 9.38. The van der Waals surface area contributed by atoms with Crippen LogP contribution >= 0.6 is 11.8 Å². The second kappa shape index (κ2) is 10.3. The van der Waals surface area contributed by atoms with Gasteiger partial charge in [-0.2, -0.15) is 0 Å². The topological polar surface area (TPSA) is 151 Å². The number of thioether (sulfide) groups is 1. The molecule has 10 nitrogen and oxygen atoms in total. The molecule has 3 rings (SSSR count). The molecule has 6 atom stereocenters. The standard InChI is InChI=1S/C22H26FNO9S/c1-10-6-13(4-5-15(10)23)34-7-14-19(27)16-17(20(28)32-8-30-11(2)25)18(16)22(14,24)21(29)33-9-31-12(3)26/h4-6,14,16-19,27H,7-9,24H2,1-3H3/t14-,16+,17+,18+,19-,22+/m1/s1. The van der Waals surface area contributed by atoms with Crippen molar-refractivity contribution >= 4 is 35.6 Å². The number of esters is 4. The third-order valence-corrected chi connectivity index (χ3v) is 7.26. The predicted octanol–water partition coefficient (Wildman–Crippen LogP) is 0.904. The zero-order chi connectivity index (χ0) is 25.2. The van der Waals surface area contributed by atoms with Crippen molar-refractivity contribution in [3.05, 3.63) is 29.6 Å². The first-order chi connectivity index (χ1) is 16.0. The van der Waals surface area contributed by atoms with E-state index in [1.165, 1.54) is 17.8 Å². The van der Waals surface area contributed by atoms with Crippen LogP contribution in [0.15, 0.2) is 23.1 Å². The summed E-state index contributed by atoms with van der Waals surface area (Å²) < 4.78 is 32.8. The number of fused-ring (bicyclic) bond motifs is 1. The Morgan fingerprint density at radius 3 is 2.29 bits per heavy atom. The number of hydrogen-bond acceptors (Lipinski definition) is 11. The molecule has 0 aliphatic heterocycles. The summed E-state index contributed by atoms with van der Waals surface area (Å²) in [6.07, 6.45) is -1.14. The number of ether oxygens (including phenoxy) is 4. The van der Waals surface area contributed by atoms with Crippen LogP contribution in [-0.4, -0.2) is 60.0 Å². The van der Waals surface area contributed by atoms with E-state index >= 15 is 0 Å². The molecule has 3 N–H and O–H groups in total. The highest BCUT2D eigenvalue weighted by atomic mass is 32.2. The summed E-state index contributed by atoms with van der Waals surface area (Å²) in [5.74, 6) is -6.37. The minimum Gasteiger partial charge on any atom is -0.428 e. The van der Waals surface area contributed by atoms with E-state index in [9.17, 15) is 28.7 Å². The van der Waals surface area contributed by atoms with Crippen LogP contribution in [0.4, 0.5) is 4.39 Å². The van der Waals surface area contributed by atoms with Gasteiger partial charge in [0.2, 0.25) is 13.6 Å². The zero-order valence-electron chi connectivity index (χ0n) is 18.8. The number of aliphatic hydroxyl groups excluding tert-OH is 1. The Balaban J connectivity index is 1.76. The summed E-state index contributed by atoms with van der Waals surface area (Å²) in [5.41, 5.74) is 5.18. The lowest BCUT2D eigenvalue weighted by Crippen LogP contribution is -2.59. The summed E-state index contributed by atoms with van der Waals surface area (Å²) in [4.78, 5) is 48.1. The maximum Gasteiger partial charge on any atom is 0.329 e. The van der Waals surface area contributed by atoms with Crippen molar-refractivity contribution < 1.29 is 47.6 Å². The number of halogens is 1. The monoisotopic (exact) mass is 499 g/mol. The van der Waals surface area contributed by atoms with E-state index in [1.54, 1.807) is 19.1 Å². The SMILES string of the molecule is CC(=O)OCOC(=O)[C@H]1[C@@H]2[C@H](O)[C@@H](CSc3ccc(F)c(C)c3)[C@@](N)(C(=O)OCOC(C)=O)[C@H]12. The number of rotatable bonds is 9. The van der Waals surface area contributed by atoms with Crippen LogP contribution in [0, 0.1) is 36.4 Å². The first-order valence-corrected chi connectivity index (χ1v) is 11.4. The van der Waals surface area contributed by atoms with Gasteiger partial charge in [0.15, 0.2) is 0 Å². The Kier molecular flexibility index (Phi) is 7.84. The molecule has 0 spiro atoms. The van der Waals surface area contributed by atoms with E-state index in [-0.39, 0.29) is 11.6 Å². The molecular formula is C22H26FNO9S. The number of hydrogen-bond donors (Lipinski definition) is 2. The van der Waals surface area contributed by atoms with Crippen LogP contribution in [0.2, 0.25) is 0 Å². The van der Waals surface area contributed by atoms with Crippen LogP contribution in [-0.2, 0) is 38.1 Å². The fourth-order valence-electron chi connectivity index (χ4n) is 4.45. The maximum absolute atomic E-state index is 13.6. The molecule has 1 aromatic rings. The maximum atomic E-state index is 13.6. The van der Waals surface area contributed by atoms with Crippen LogP contribution in [0.3, 0.4) is 0 Å². The lowest BCUT2D eigenvalue weighted by Gasteiger charge is -2.34. The fourth-order valence-corrected chi connectivity index (χ4v) is 5.72. The summed E-state index contributed by atoms with van der Waals surface area (Å²) >= 11 is 1.27. The van der Waals surface area contributed by atoms with Gasteiger partial charge in [-0.1, -0.05) is 0 Å². The van der Waals surface area contributed by atoms with Crippen molar-refractivity contribution in [1.29, 1.82) is 0 Å². The first-order valence-electron chi connectivity index (χ1n) is 10.4. The van der Waals surface area contributed by atoms with Gasteiger partial charge in [-0.15, -0.1) is 11.8 Å². The highest BCUT2D eigenvalue weighted by Gasteiger charge is 2.78. The normalized spacial score (nSPS) is 29.1. The van der Waals surface area contributed by atoms with Crippen LogP contribution in [0.5, 0.6) is 0 Å². The van der Waals surface area contributed by atoms with E-state index in [0.29, 0.717) is 10.5 Å². The predicted molar refractivity (Wildman–Crippen MR) is 114 cm³/mol. The average molecular weight is 500 g/mol. The summed E-state index contributed by atoms with van der Waals surface area (Å²) in [7, 11) is 0. The lowest BCUT2D eigenvalue weighted by atomic mass is 9.81. The summed E-state index contributed by atoms with van der Waals surface area (Å²) in [5, 5.41) is 11.0. The van der Waals surface area contributed by atoms with Crippen LogP contribution in [0.25, 0.3) is 0 Å². The van der Waals surface area contributed by atoms with Gasteiger partial charge in [-0.25, -0.2) is 9.18 Å².